The molecule has 7 nitrogen and oxygen atoms in total. The summed E-state index contributed by atoms with van der Waals surface area (Å²) in [5.74, 6) is -0.422. The molecule has 0 aliphatic heterocycles. The summed E-state index contributed by atoms with van der Waals surface area (Å²) in [4.78, 5) is 32.5. The number of nitrogens with one attached hydrogen (secondary N) is 2. The summed E-state index contributed by atoms with van der Waals surface area (Å²) in [6, 6.07) is 6.15. The minimum absolute atomic E-state index is 0.0160. The Balaban J connectivity index is 1.60. The van der Waals surface area contributed by atoms with Crippen LogP contribution in [-0.2, 0) is 11.3 Å². The average molecular weight is 422 g/mol. The van der Waals surface area contributed by atoms with Gasteiger partial charge in [0.2, 0.25) is 11.9 Å². The van der Waals surface area contributed by atoms with Crippen molar-refractivity contribution in [3.8, 4) is 5.75 Å². The summed E-state index contributed by atoms with van der Waals surface area (Å²) in [6.45, 7) is 2.09. The largest absolute Gasteiger partial charge is 0.484 e. The van der Waals surface area contributed by atoms with Crippen LogP contribution in [0.2, 0.25) is 0 Å². The predicted octanol–water partition coefficient (Wildman–Crippen LogP) is 3.31. The van der Waals surface area contributed by atoms with E-state index in [0.29, 0.717) is 16.8 Å². The van der Waals surface area contributed by atoms with Gasteiger partial charge in [0.1, 0.15) is 11.4 Å². The van der Waals surface area contributed by atoms with Crippen molar-refractivity contribution in [2.24, 2.45) is 5.92 Å². The molecule has 0 saturated heterocycles. The van der Waals surface area contributed by atoms with Crippen molar-refractivity contribution in [3.05, 3.63) is 46.8 Å². The lowest BCUT2D eigenvalue weighted by atomic mass is 10.1. The number of carbonyl (C=O) groups excluding carboxylic acids is 2. The van der Waals surface area contributed by atoms with Gasteiger partial charge in [-0.05, 0) is 49.9 Å². The molecule has 3 rings (SSSR count). The Labute approximate surface area is 171 Å². The second-order valence-corrected chi connectivity index (χ2v) is 7.17. The fourth-order valence-electron chi connectivity index (χ4n) is 2.71. The fraction of sp³-hybridized carbons (Fsp3) is 0.400. The third-order valence-corrected chi connectivity index (χ3v) is 4.35. The van der Waals surface area contributed by atoms with Gasteiger partial charge in [0.05, 0.1) is 0 Å². The molecule has 1 saturated carbocycles. The molecule has 1 aromatic carbocycles. The van der Waals surface area contributed by atoms with Crippen LogP contribution in [0.4, 0.5) is 19.1 Å². The third kappa shape index (κ3) is 6.16. The van der Waals surface area contributed by atoms with Crippen molar-refractivity contribution in [1.29, 1.82) is 0 Å². The van der Waals surface area contributed by atoms with Crippen LogP contribution in [-0.4, -0.2) is 34.6 Å². The lowest BCUT2D eigenvalue weighted by Gasteiger charge is -2.13. The van der Waals surface area contributed by atoms with Crippen molar-refractivity contribution in [1.82, 2.24) is 15.3 Å². The first-order chi connectivity index (χ1) is 14.1. The van der Waals surface area contributed by atoms with Crippen molar-refractivity contribution in [2.45, 2.75) is 39.4 Å². The number of hydrogen-bond donors (Lipinski definition) is 2. The number of aromatic nitrogens is 2. The van der Waals surface area contributed by atoms with Crippen LogP contribution in [0, 0.1) is 19.8 Å². The molecule has 10 heteroatoms. The maximum absolute atomic E-state index is 12.5. The molecule has 0 unspecified atom stereocenters. The molecule has 1 fully saturated rings. The number of hydrogen-bond acceptors (Lipinski definition) is 5. The van der Waals surface area contributed by atoms with E-state index in [1.165, 1.54) is 12.1 Å². The Morgan fingerprint density at radius 3 is 2.53 bits per heavy atom. The van der Waals surface area contributed by atoms with Crippen LogP contribution >= 0.6 is 0 Å². The van der Waals surface area contributed by atoms with Crippen LogP contribution in [0.25, 0.3) is 0 Å². The van der Waals surface area contributed by atoms with Crippen molar-refractivity contribution in [2.75, 3.05) is 11.9 Å². The fourth-order valence-corrected chi connectivity index (χ4v) is 2.71. The Morgan fingerprint density at radius 2 is 1.90 bits per heavy atom. The van der Waals surface area contributed by atoms with Gasteiger partial charge in [-0.2, -0.15) is 13.2 Å². The van der Waals surface area contributed by atoms with Crippen LogP contribution < -0.4 is 15.4 Å². The van der Waals surface area contributed by atoms with Crippen LogP contribution in [0.5, 0.6) is 5.75 Å². The van der Waals surface area contributed by atoms with Crippen LogP contribution in [0.1, 0.15) is 40.2 Å². The van der Waals surface area contributed by atoms with E-state index in [1.807, 2.05) is 0 Å². The molecule has 0 bridgehead atoms. The van der Waals surface area contributed by atoms with Gasteiger partial charge in [0.25, 0.3) is 5.91 Å². The molecule has 2 N–H and O–H groups in total. The maximum Gasteiger partial charge on any atom is 0.422 e. The van der Waals surface area contributed by atoms with Gasteiger partial charge in [-0.1, -0.05) is 12.1 Å². The zero-order chi connectivity index (χ0) is 21.9. The number of rotatable bonds is 7. The van der Waals surface area contributed by atoms with E-state index >= 15 is 0 Å². The van der Waals surface area contributed by atoms with E-state index in [4.69, 9.17) is 4.74 Å². The smallest absolute Gasteiger partial charge is 0.422 e. The normalized spacial score (nSPS) is 13.6. The first kappa shape index (κ1) is 21.5. The zero-order valence-electron chi connectivity index (χ0n) is 16.5. The van der Waals surface area contributed by atoms with Crippen molar-refractivity contribution < 1.29 is 27.5 Å². The highest BCUT2D eigenvalue weighted by molar-refractivity contribution is 5.95. The molecule has 1 aliphatic rings. The summed E-state index contributed by atoms with van der Waals surface area (Å²) in [5.41, 5.74) is 1.85. The molecule has 160 valence electrons. The van der Waals surface area contributed by atoms with Gasteiger partial charge in [0.15, 0.2) is 6.61 Å². The van der Waals surface area contributed by atoms with Crippen LogP contribution in [0.3, 0.4) is 0 Å². The number of ether oxygens (including phenoxy) is 1. The quantitative estimate of drug-likeness (QED) is 0.714. The number of nitrogens with zero attached hydrogens (tertiary/aromatic N) is 2. The molecule has 0 spiro atoms. The van der Waals surface area contributed by atoms with E-state index in [-0.39, 0.29) is 35.8 Å². The minimum Gasteiger partial charge on any atom is -0.484 e. The second-order valence-electron chi connectivity index (χ2n) is 7.17. The van der Waals surface area contributed by atoms with Gasteiger partial charge >= 0.3 is 6.18 Å². The highest BCUT2D eigenvalue weighted by Crippen LogP contribution is 2.29. The topological polar surface area (TPSA) is 93.2 Å². The number of anilines is 1. The Kier molecular flexibility index (Phi) is 6.23. The Morgan fingerprint density at radius 1 is 1.17 bits per heavy atom. The highest BCUT2D eigenvalue weighted by Gasteiger charge is 2.30. The number of aryl methyl sites for hydroxylation is 2. The molecule has 2 amide bonds. The Hall–Kier alpha value is -3.17. The maximum atomic E-state index is 12.5. The Bertz CT molecular complexity index is 959. The monoisotopic (exact) mass is 422 g/mol. The SMILES string of the molecule is Cc1cc(C(=O)NCc2ccc(OCC(F)(F)F)c(C)c2)nc(NC(=O)C2CC2)n1. The highest BCUT2D eigenvalue weighted by atomic mass is 19.4. The lowest BCUT2D eigenvalue weighted by Crippen LogP contribution is -2.25. The number of halogens is 3. The number of benzene rings is 1. The summed E-state index contributed by atoms with van der Waals surface area (Å²) in [6.07, 6.45) is -2.74. The van der Waals surface area contributed by atoms with Crippen molar-refractivity contribution >= 4 is 17.8 Å². The van der Waals surface area contributed by atoms with Gasteiger partial charge in [-0.25, -0.2) is 9.97 Å². The zero-order valence-corrected chi connectivity index (χ0v) is 16.5. The van der Waals surface area contributed by atoms with E-state index in [0.717, 1.165) is 12.8 Å². The summed E-state index contributed by atoms with van der Waals surface area (Å²) in [5, 5.41) is 5.31. The van der Waals surface area contributed by atoms with Gasteiger partial charge in [0, 0.05) is 18.2 Å². The van der Waals surface area contributed by atoms with E-state index in [9.17, 15) is 22.8 Å². The molecule has 1 heterocycles. The van der Waals surface area contributed by atoms with E-state index < -0.39 is 18.7 Å². The molecular formula is C20H21F3N4O3. The molecule has 2 aromatic rings. The van der Waals surface area contributed by atoms with Gasteiger partial charge < -0.3 is 10.1 Å². The third-order valence-electron chi connectivity index (χ3n) is 4.35. The molecule has 1 aromatic heterocycles. The molecule has 30 heavy (non-hydrogen) atoms. The van der Waals surface area contributed by atoms with Crippen LogP contribution in [0.15, 0.2) is 24.3 Å². The molecule has 0 atom stereocenters. The van der Waals surface area contributed by atoms with E-state index in [1.54, 1.807) is 26.0 Å². The summed E-state index contributed by atoms with van der Waals surface area (Å²) >= 11 is 0. The number of carbonyl (C=O) groups is 2. The standard InChI is InChI=1S/C20H21F3N4O3/c1-11-7-13(3-6-16(11)30-10-20(21,22)23)9-24-18(29)15-8-12(2)25-19(26-15)27-17(28)14-4-5-14/h3,6-8,14H,4-5,9-10H2,1-2H3,(H,24,29)(H,25,26,27,28). The number of amides is 2. The average Bonchev–Trinajstić information content (AvgIpc) is 3.49. The molecule has 1 aliphatic carbocycles. The lowest BCUT2D eigenvalue weighted by molar-refractivity contribution is -0.153. The first-order valence-corrected chi connectivity index (χ1v) is 9.34. The predicted molar refractivity (Wildman–Crippen MR) is 102 cm³/mol. The van der Waals surface area contributed by atoms with Crippen molar-refractivity contribution in [3.63, 3.8) is 0 Å². The first-order valence-electron chi connectivity index (χ1n) is 9.34. The van der Waals surface area contributed by atoms with Gasteiger partial charge in [-0.3, -0.25) is 14.9 Å². The molecule has 0 radical (unpaired) electrons. The molecular weight excluding hydrogens is 401 g/mol. The number of alkyl halides is 3. The van der Waals surface area contributed by atoms with Gasteiger partial charge in [-0.15, -0.1) is 0 Å². The summed E-state index contributed by atoms with van der Waals surface area (Å²) in [7, 11) is 0. The second kappa shape index (κ2) is 8.68. The summed E-state index contributed by atoms with van der Waals surface area (Å²) < 4.78 is 41.6. The minimum atomic E-state index is -4.41. The van der Waals surface area contributed by atoms with E-state index in [2.05, 4.69) is 20.6 Å².